The van der Waals surface area contributed by atoms with E-state index in [1.165, 1.54) is 49.3 Å². The zero-order valence-corrected chi connectivity index (χ0v) is 18.8. The maximum absolute atomic E-state index is 12.9. The zero-order valence-electron chi connectivity index (χ0n) is 18.8. The zero-order chi connectivity index (χ0) is 25.2. The Labute approximate surface area is 194 Å². The minimum Gasteiger partial charge on any atom is -0.505 e. The number of nitrogens with one attached hydrogen (secondary N) is 2. The summed E-state index contributed by atoms with van der Waals surface area (Å²) in [6, 6.07) is 9.58. The maximum atomic E-state index is 12.9. The van der Waals surface area contributed by atoms with Gasteiger partial charge in [-0.1, -0.05) is 37.8 Å². The molecule has 180 valence electrons. The summed E-state index contributed by atoms with van der Waals surface area (Å²) in [6.45, 7) is 5.49. The molecule has 1 amide bonds. The van der Waals surface area contributed by atoms with Crippen molar-refractivity contribution in [1.82, 2.24) is 10.2 Å². The molecular formula is C24H24F3N3O4. The second-order valence-electron chi connectivity index (χ2n) is 7.77. The van der Waals surface area contributed by atoms with E-state index < -0.39 is 24.1 Å². The van der Waals surface area contributed by atoms with Crippen molar-refractivity contribution < 1.29 is 32.6 Å². The average Bonchev–Trinajstić information content (AvgIpc) is 2.78. The fraction of sp³-hybridized carbons (Fsp3) is 0.250. The van der Waals surface area contributed by atoms with Crippen molar-refractivity contribution in [1.29, 1.82) is 0 Å². The number of alkyl halides is 3. The summed E-state index contributed by atoms with van der Waals surface area (Å²) in [4.78, 5) is 26.1. The van der Waals surface area contributed by atoms with Crippen LogP contribution in [-0.2, 0) is 4.79 Å². The van der Waals surface area contributed by atoms with Crippen LogP contribution in [0.3, 0.4) is 0 Å². The van der Waals surface area contributed by atoms with E-state index in [4.69, 9.17) is 0 Å². The van der Waals surface area contributed by atoms with E-state index >= 15 is 0 Å². The molecule has 34 heavy (non-hydrogen) atoms. The predicted octanol–water partition coefficient (Wildman–Crippen LogP) is 4.50. The Morgan fingerprint density at radius 1 is 1.15 bits per heavy atom. The first-order valence-corrected chi connectivity index (χ1v) is 10.3. The van der Waals surface area contributed by atoms with Crippen LogP contribution in [0.5, 0.6) is 11.5 Å². The van der Waals surface area contributed by atoms with Gasteiger partial charge in [-0.3, -0.25) is 9.59 Å². The number of ketones is 1. The van der Waals surface area contributed by atoms with Crippen molar-refractivity contribution in [2.45, 2.75) is 25.7 Å². The summed E-state index contributed by atoms with van der Waals surface area (Å²) in [5.74, 6) is -1.55. The summed E-state index contributed by atoms with van der Waals surface area (Å²) in [6.07, 6.45) is -4.49. The van der Waals surface area contributed by atoms with Gasteiger partial charge < -0.3 is 25.4 Å². The van der Waals surface area contributed by atoms with Gasteiger partial charge in [0.25, 0.3) is 5.91 Å². The van der Waals surface area contributed by atoms with Crippen LogP contribution in [0, 0.1) is 0 Å². The van der Waals surface area contributed by atoms with E-state index in [9.17, 15) is 27.9 Å². The fourth-order valence-corrected chi connectivity index (χ4v) is 3.50. The molecule has 0 radical (unpaired) electrons. The van der Waals surface area contributed by atoms with E-state index in [1.807, 2.05) is 0 Å². The Kier molecular flexibility index (Phi) is 6.90. The molecule has 2 aromatic rings. The largest absolute Gasteiger partial charge is 0.573 e. The van der Waals surface area contributed by atoms with Crippen LogP contribution in [0.15, 0.2) is 66.0 Å². The lowest BCUT2D eigenvalue weighted by molar-refractivity contribution is -0.275. The molecule has 0 aliphatic heterocycles. The lowest BCUT2D eigenvalue weighted by atomic mass is 9.90. The number of phenols is 1. The van der Waals surface area contributed by atoms with Gasteiger partial charge in [-0.25, -0.2) is 0 Å². The van der Waals surface area contributed by atoms with Gasteiger partial charge in [0.2, 0.25) is 5.78 Å². The number of halogens is 3. The Morgan fingerprint density at radius 3 is 2.44 bits per heavy atom. The summed E-state index contributed by atoms with van der Waals surface area (Å²) < 4.78 is 42.7. The second kappa shape index (κ2) is 9.50. The highest BCUT2D eigenvalue weighted by Gasteiger charge is 2.36. The molecule has 0 aromatic heterocycles. The first-order valence-electron chi connectivity index (χ1n) is 10.3. The number of rotatable bonds is 8. The van der Waals surface area contributed by atoms with E-state index in [2.05, 4.69) is 21.9 Å². The molecule has 1 aliphatic rings. The molecular weight excluding hydrogens is 451 g/mol. The number of allylic oxidation sites excluding steroid dienone is 2. The van der Waals surface area contributed by atoms with Crippen LogP contribution in [0.2, 0.25) is 0 Å². The number of para-hydroxylation sites is 2. The third kappa shape index (κ3) is 5.00. The van der Waals surface area contributed by atoms with Crippen molar-refractivity contribution >= 4 is 17.4 Å². The van der Waals surface area contributed by atoms with Crippen LogP contribution in [0.4, 0.5) is 18.9 Å². The molecule has 1 atom stereocenters. The third-order valence-corrected chi connectivity index (χ3v) is 5.23. The van der Waals surface area contributed by atoms with E-state index in [0.29, 0.717) is 12.1 Å². The highest BCUT2D eigenvalue weighted by molar-refractivity contribution is 6.21. The van der Waals surface area contributed by atoms with Crippen molar-refractivity contribution in [3.05, 3.63) is 77.1 Å². The van der Waals surface area contributed by atoms with E-state index in [-0.39, 0.29) is 39.6 Å². The summed E-state index contributed by atoms with van der Waals surface area (Å²) >= 11 is 0. The first kappa shape index (κ1) is 24.7. The van der Waals surface area contributed by atoms with Crippen molar-refractivity contribution in [3.63, 3.8) is 0 Å². The van der Waals surface area contributed by atoms with Gasteiger partial charge in [0, 0.05) is 25.2 Å². The summed E-state index contributed by atoms with van der Waals surface area (Å²) in [7, 11) is 3.08. The number of anilines is 1. The number of hydrogen-bond acceptors (Lipinski definition) is 6. The predicted molar refractivity (Wildman–Crippen MR) is 120 cm³/mol. The van der Waals surface area contributed by atoms with Crippen molar-refractivity contribution in [2.24, 2.45) is 0 Å². The lowest BCUT2D eigenvalue weighted by Gasteiger charge is -2.31. The molecule has 0 heterocycles. The van der Waals surface area contributed by atoms with Gasteiger partial charge in [0.05, 0.1) is 23.0 Å². The molecule has 2 aromatic carbocycles. The molecule has 3 N–H and O–H groups in total. The number of Topliss-reactive ketones (excluding diaryl/α,β-unsaturated/α-hetero) is 1. The molecule has 3 rings (SSSR count). The number of carbonyl (C=O) groups is 2. The van der Waals surface area contributed by atoms with Crippen LogP contribution in [0.1, 0.15) is 35.3 Å². The molecule has 7 nitrogen and oxygen atoms in total. The second-order valence-corrected chi connectivity index (χ2v) is 7.77. The molecule has 0 saturated carbocycles. The molecule has 0 bridgehead atoms. The normalized spacial score (nSPS) is 14.4. The fourth-order valence-electron chi connectivity index (χ4n) is 3.50. The third-order valence-electron chi connectivity index (χ3n) is 5.23. The quantitative estimate of drug-likeness (QED) is 0.385. The molecule has 10 heteroatoms. The topological polar surface area (TPSA) is 90.9 Å². The number of hydrogen-bond donors (Lipinski definition) is 3. The smallest absolute Gasteiger partial charge is 0.505 e. The molecule has 0 spiro atoms. The maximum Gasteiger partial charge on any atom is 0.573 e. The highest BCUT2D eigenvalue weighted by Crippen LogP contribution is 2.37. The van der Waals surface area contributed by atoms with Gasteiger partial charge >= 0.3 is 6.36 Å². The molecule has 0 fully saturated rings. The number of aromatic hydroxyl groups is 1. The van der Waals surface area contributed by atoms with E-state index in [1.54, 1.807) is 19.1 Å². The van der Waals surface area contributed by atoms with Crippen molar-refractivity contribution in [3.8, 4) is 11.5 Å². The van der Waals surface area contributed by atoms with Gasteiger partial charge in [0.15, 0.2) is 5.75 Å². The Hall–Kier alpha value is -3.95. The monoisotopic (exact) mass is 475 g/mol. The molecule has 1 unspecified atom stereocenters. The standard InChI is InChI=1S/C24H24F3N3O4/c1-5-16(14-9-6-7-12-18(14)34-24(25,26)27)28-19-13(2)21(31)20(19)29-17-11-8-10-15(22(17)32)23(33)30(3)4/h6-12,16,28-29,32H,2,5H2,1,3-4H3. The van der Waals surface area contributed by atoms with Gasteiger partial charge in [-0.15, -0.1) is 13.2 Å². The average molecular weight is 475 g/mol. The van der Waals surface area contributed by atoms with Crippen LogP contribution in [0.25, 0.3) is 0 Å². The van der Waals surface area contributed by atoms with Crippen LogP contribution >= 0.6 is 0 Å². The lowest BCUT2D eigenvalue weighted by Crippen LogP contribution is -2.36. The molecule has 1 aliphatic carbocycles. The minimum absolute atomic E-state index is 0.0420. The number of ether oxygens (including phenoxy) is 1. The SMILES string of the molecule is C=C1C(=O)C(Nc2cccc(C(=O)N(C)C)c2O)=C1NC(CC)c1ccccc1OC(F)(F)F. The number of nitrogens with zero attached hydrogens (tertiary/aromatic N) is 1. The highest BCUT2D eigenvalue weighted by atomic mass is 19.4. The van der Waals surface area contributed by atoms with E-state index in [0.717, 1.165) is 0 Å². The van der Waals surface area contributed by atoms with Gasteiger partial charge in [-0.05, 0) is 24.6 Å². The minimum atomic E-state index is -4.86. The number of amides is 1. The van der Waals surface area contributed by atoms with Crippen molar-refractivity contribution in [2.75, 3.05) is 19.4 Å². The summed E-state index contributed by atoms with van der Waals surface area (Å²) in [5.41, 5.74) is 0.917. The van der Waals surface area contributed by atoms with Crippen LogP contribution < -0.4 is 15.4 Å². The first-order chi connectivity index (χ1) is 15.9. The van der Waals surface area contributed by atoms with Crippen LogP contribution in [-0.4, -0.2) is 42.2 Å². The Morgan fingerprint density at radius 2 is 1.82 bits per heavy atom. The summed E-state index contributed by atoms with van der Waals surface area (Å²) in [5, 5.41) is 16.4. The number of phenolic OH excluding ortho intramolecular Hbond substituents is 1. The number of carbonyl (C=O) groups excluding carboxylic acids is 2. The molecule has 0 saturated heterocycles. The Bertz CT molecular complexity index is 1170. The van der Waals surface area contributed by atoms with Gasteiger partial charge in [-0.2, -0.15) is 0 Å². The Balaban J connectivity index is 1.93. The number of benzene rings is 2. The van der Waals surface area contributed by atoms with Gasteiger partial charge in [0.1, 0.15) is 11.4 Å².